The minimum atomic E-state index is 0.505. The first-order valence-corrected chi connectivity index (χ1v) is 8.12. The Kier molecular flexibility index (Phi) is 3.85. The highest BCUT2D eigenvalue weighted by Gasteiger charge is 2.22. The normalized spacial score (nSPS) is 14.5. The molecule has 1 aliphatic heterocycles. The highest BCUT2D eigenvalue weighted by molar-refractivity contribution is 6.35. The molecule has 0 spiro atoms. The molecule has 116 valence electrons. The van der Waals surface area contributed by atoms with E-state index in [0.29, 0.717) is 11.8 Å². The van der Waals surface area contributed by atoms with Crippen molar-refractivity contribution in [1.82, 2.24) is 9.88 Å². The van der Waals surface area contributed by atoms with Crippen molar-refractivity contribution in [3.8, 4) is 5.75 Å². The van der Waals surface area contributed by atoms with Crippen molar-refractivity contribution < 1.29 is 4.74 Å². The maximum absolute atomic E-state index is 6.39. The molecule has 2 heterocycles. The summed E-state index contributed by atoms with van der Waals surface area (Å²) < 4.78 is 5.98. The van der Waals surface area contributed by atoms with Gasteiger partial charge in [0.15, 0.2) is 5.75 Å². The summed E-state index contributed by atoms with van der Waals surface area (Å²) in [6.45, 7) is 2.00. The van der Waals surface area contributed by atoms with Gasteiger partial charge in [-0.1, -0.05) is 41.4 Å². The van der Waals surface area contributed by atoms with E-state index < -0.39 is 0 Å². The van der Waals surface area contributed by atoms with Crippen molar-refractivity contribution in [2.45, 2.75) is 13.1 Å². The Morgan fingerprint density at radius 1 is 1.09 bits per heavy atom. The van der Waals surface area contributed by atoms with Crippen molar-refractivity contribution in [1.29, 1.82) is 0 Å². The highest BCUT2D eigenvalue weighted by Crippen LogP contribution is 2.37. The lowest BCUT2D eigenvalue weighted by Gasteiger charge is -2.30. The molecule has 3 aromatic rings. The number of hydrogen-bond acceptors (Lipinski definition) is 3. The number of pyridine rings is 1. The van der Waals surface area contributed by atoms with E-state index in [-0.39, 0.29) is 0 Å². The molecule has 4 rings (SSSR count). The highest BCUT2D eigenvalue weighted by atomic mass is 35.5. The molecule has 2 aromatic carbocycles. The predicted octanol–water partition coefficient (Wildman–Crippen LogP) is 4.89. The van der Waals surface area contributed by atoms with Crippen LogP contribution in [-0.4, -0.2) is 16.6 Å². The average Bonchev–Trinajstić information content (AvgIpc) is 2.57. The van der Waals surface area contributed by atoms with Crippen molar-refractivity contribution in [2.24, 2.45) is 0 Å². The Morgan fingerprint density at radius 2 is 1.96 bits per heavy atom. The Morgan fingerprint density at radius 3 is 2.83 bits per heavy atom. The Balaban J connectivity index is 1.66. The van der Waals surface area contributed by atoms with Gasteiger partial charge in [0.1, 0.15) is 12.2 Å². The van der Waals surface area contributed by atoms with E-state index in [1.807, 2.05) is 42.5 Å². The van der Waals surface area contributed by atoms with Crippen LogP contribution in [0.3, 0.4) is 0 Å². The molecule has 0 amide bonds. The van der Waals surface area contributed by atoms with E-state index in [1.54, 1.807) is 6.20 Å². The quantitative estimate of drug-likeness (QED) is 0.661. The third kappa shape index (κ3) is 2.76. The molecule has 1 aliphatic rings. The summed E-state index contributed by atoms with van der Waals surface area (Å²) in [5.74, 6) is 0.834. The van der Waals surface area contributed by atoms with Gasteiger partial charge in [-0.05, 0) is 29.8 Å². The largest absolute Gasteiger partial charge is 0.475 e. The van der Waals surface area contributed by atoms with Gasteiger partial charge in [-0.2, -0.15) is 0 Å². The van der Waals surface area contributed by atoms with Crippen LogP contribution in [0, 0.1) is 0 Å². The molecule has 5 heteroatoms. The van der Waals surface area contributed by atoms with Crippen LogP contribution in [-0.2, 0) is 13.1 Å². The molecule has 0 atom stereocenters. The second-order valence-electron chi connectivity index (χ2n) is 5.60. The van der Waals surface area contributed by atoms with E-state index in [2.05, 4.69) is 9.88 Å². The topological polar surface area (TPSA) is 25.4 Å². The van der Waals surface area contributed by atoms with Gasteiger partial charge >= 0.3 is 0 Å². The summed E-state index contributed by atoms with van der Waals surface area (Å²) >= 11 is 12.6. The van der Waals surface area contributed by atoms with Crippen molar-refractivity contribution in [2.75, 3.05) is 6.73 Å². The van der Waals surface area contributed by atoms with E-state index >= 15 is 0 Å². The number of rotatable bonds is 2. The Bertz CT molecular complexity index is 882. The molecule has 0 N–H and O–H groups in total. The monoisotopic (exact) mass is 344 g/mol. The van der Waals surface area contributed by atoms with Gasteiger partial charge in [0.25, 0.3) is 0 Å². The molecule has 0 saturated carbocycles. The summed E-state index contributed by atoms with van der Waals surface area (Å²) in [6, 6.07) is 13.7. The molecule has 0 aliphatic carbocycles. The van der Waals surface area contributed by atoms with E-state index in [1.165, 1.54) is 0 Å². The van der Waals surface area contributed by atoms with Gasteiger partial charge in [0, 0.05) is 35.3 Å². The Labute approximate surface area is 144 Å². The van der Waals surface area contributed by atoms with Gasteiger partial charge in [-0.3, -0.25) is 9.88 Å². The second-order valence-corrected chi connectivity index (χ2v) is 6.41. The predicted molar refractivity (Wildman–Crippen MR) is 92.9 cm³/mol. The number of fused-ring (bicyclic) bond motifs is 3. The lowest BCUT2D eigenvalue weighted by atomic mass is 10.1. The Hall–Kier alpha value is -1.81. The molecule has 3 nitrogen and oxygen atoms in total. The first kappa shape index (κ1) is 14.8. The molecular weight excluding hydrogens is 331 g/mol. The fourth-order valence-electron chi connectivity index (χ4n) is 2.92. The second kappa shape index (κ2) is 6.00. The fraction of sp³-hybridized carbons (Fsp3) is 0.167. The van der Waals surface area contributed by atoms with Crippen LogP contribution in [0.5, 0.6) is 5.75 Å². The van der Waals surface area contributed by atoms with Crippen molar-refractivity contribution >= 4 is 34.1 Å². The van der Waals surface area contributed by atoms with Crippen LogP contribution in [0.4, 0.5) is 0 Å². The fourth-order valence-corrected chi connectivity index (χ4v) is 3.40. The summed E-state index contributed by atoms with van der Waals surface area (Å²) in [6.07, 6.45) is 1.76. The van der Waals surface area contributed by atoms with E-state index in [9.17, 15) is 0 Å². The number of hydrogen-bond donors (Lipinski definition) is 0. The standard InChI is InChI=1S/C18H14Cl2N2O/c19-15-6-2-1-4-12(15)9-22-10-13-8-16(20)14-5-3-7-21-17(14)18(13)23-11-22/h1-8H,9-11H2. The molecule has 1 aromatic heterocycles. The third-order valence-electron chi connectivity index (χ3n) is 4.01. The molecular formula is C18H14Cl2N2O. The van der Waals surface area contributed by atoms with Crippen LogP contribution in [0.15, 0.2) is 48.7 Å². The lowest BCUT2D eigenvalue weighted by molar-refractivity contribution is 0.0902. The zero-order chi connectivity index (χ0) is 15.8. The number of aromatic nitrogens is 1. The average molecular weight is 345 g/mol. The summed E-state index contributed by atoms with van der Waals surface area (Å²) in [5.41, 5.74) is 2.97. The van der Waals surface area contributed by atoms with Crippen LogP contribution >= 0.6 is 23.2 Å². The summed E-state index contributed by atoms with van der Waals surface area (Å²) in [5, 5.41) is 2.40. The molecule has 0 fully saturated rings. The first-order valence-electron chi connectivity index (χ1n) is 7.37. The number of nitrogens with zero attached hydrogens (tertiary/aromatic N) is 2. The molecule has 0 radical (unpaired) electrons. The smallest absolute Gasteiger partial charge is 0.152 e. The number of halogens is 2. The molecule has 0 bridgehead atoms. The van der Waals surface area contributed by atoms with Crippen LogP contribution in [0.1, 0.15) is 11.1 Å². The number of ether oxygens (including phenoxy) is 1. The summed E-state index contributed by atoms with van der Waals surface area (Å²) in [4.78, 5) is 6.62. The molecule has 0 saturated heterocycles. The van der Waals surface area contributed by atoms with Gasteiger partial charge in [0.2, 0.25) is 0 Å². The molecule has 23 heavy (non-hydrogen) atoms. The maximum atomic E-state index is 6.39. The lowest BCUT2D eigenvalue weighted by Crippen LogP contribution is -2.31. The first-order chi connectivity index (χ1) is 11.2. The van der Waals surface area contributed by atoms with Gasteiger partial charge in [-0.15, -0.1) is 0 Å². The maximum Gasteiger partial charge on any atom is 0.152 e. The minimum Gasteiger partial charge on any atom is -0.475 e. The van der Waals surface area contributed by atoms with E-state index in [0.717, 1.165) is 45.9 Å². The van der Waals surface area contributed by atoms with Gasteiger partial charge < -0.3 is 4.74 Å². The zero-order valence-corrected chi connectivity index (χ0v) is 13.8. The van der Waals surface area contributed by atoms with Crippen LogP contribution in [0.25, 0.3) is 10.9 Å². The zero-order valence-electron chi connectivity index (χ0n) is 12.3. The van der Waals surface area contributed by atoms with Crippen LogP contribution in [0.2, 0.25) is 10.0 Å². The third-order valence-corrected chi connectivity index (χ3v) is 4.69. The van der Waals surface area contributed by atoms with Crippen molar-refractivity contribution in [3.05, 3.63) is 69.8 Å². The molecule has 0 unspecified atom stereocenters. The minimum absolute atomic E-state index is 0.505. The SMILES string of the molecule is Clc1ccccc1CN1COc2c(cc(Cl)c3cccnc23)C1. The van der Waals surface area contributed by atoms with Crippen molar-refractivity contribution in [3.63, 3.8) is 0 Å². The summed E-state index contributed by atoms with van der Waals surface area (Å²) in [7, 11) is 0. The number of benzene rings is 2. The van der Waals surface area contributed by atoms with E-state index in [4.69, 9.17) is 27.9 Å². The van der Waals surface area contributed by atoms with Gasteiger partial charge in [-0.25, -0.2) is 0 Å². The van der Waals surface area contributed by atoms with Crippen LogP contribution < -0.4 is 4.74 Å². The van der Waals surface area contributed by atoms with Gasteiger partial charge in [0.05, 0.1) is 5.02 Å².